The van der Waals surface area contributed by atoms with Crippen LogP contribution in [0.25, 0.3) is 0 Å². The minimum absolute atomic E-state index is 0.0735. The summed E-state index contributed by atoms with van der Waals surface area (Å²) in [6, 6.07) is 1.47. The summed E-state index contributed by atoms with van der Waals surface area (Å²) in [5.41, 5.74) is 0. The Hall–Kier alpha value is -2.18. The molecule has 2 aromatic rings. The number of rotatable bonds is 6. The zero-order chi connectivity index (χ0) is 13.9. The minimum atomic E-state index is -0.324. The van der Waals surface area contributed by atoms with Gasteiger partial charge in [-0.05, 0) is 25.8 Å². The summed E-state index contributed by atoms with van der Waals surface area (Å²) in [7, 11) is 0. The first-order chi connectivity index (χ1) is 9.74. The predicted octanol–water partition coefficient (Wildman–Crippen LogP) is 1.06. The largest absolute Gasteiger partial charge is 0.354 e. The van der Waals surface area contributed by atoms with Crippen molar-refractivity contribution in [1.29, 1.82) is 0 Å². The highest BCUT2D eigenvalue weighted by molar-refractivity contribution is 5.79. The van der Waals surface area contributed by atoms with Crippen LogP contribution in [0.5, 0.6) is 0 Å². The molecule has 7 heteroatoms. The summed E-state index contributed by atoms with van der Waals surface area (Å²) in [4.78, 5) is 16.2. The van der Waals surface area contributed by atoms with Gasteiger partial charge in [0.1, 0.15) is 6.04 Å². The quantitative estimate of drug-likeness (QED) is 0.852. The van der Waals surface area contributed by atoms with Gasteiger partial charge in [-0.25, -0.2) is 0 Å². The molecule has 0 unspecified atom stereocenters. The van der Waals surface area contributed by atoms with Gasteiger partial charge >= 0.3 is 0 Å². The lowest BCUT2D eigenvalue weighted by atomic mass is 10.3. The molecule has 1 aliphatic rings. The van der Waals surface area contributed by atoms with E-state index in [4.69, 9.17) is 4.52 Å². The van der Waals surface area contributed by atoms with Crippen molar-refractivity contribution in [3.63, 3.8) is 0 Å². The number of hydrogen-bond acceptors (Lipinski definition) is 5. The van der Waals surface area contributed by atoms with Gasteiger partial charge in [-0.3, -0.25) is 9.48 Å². The van der Waals surface area contributed by atoms with Crippen molar-refractivity contribution >= 4 is 5.91 Å². The monoisotopic (exact) mass is 275 g/mol. The summed E-state index contributed by atoms with van der Waals surface area (Å²) in [5.74, 6) is 1.80. The second-order valence-electron chi connectivity index (χ2n) is 5.02. The number of hydrogen-bond donors (Lipinski definition) is 1. The first kappa shape index (κ1) is 12.8. The lowest BCUT2D eigenvalue weighted by Crippen LogP contribution is -2.32. The fourth-order valence-electron chi connectivity index (χ4n) is 1.95. The maximum absolute atomic E-state index is 11.9. The van der Waals surface area contributed by atoms with Gasteiger partial charge in [0.15, 0.2) is 5.82 Å². The summed E-state index contributed by atoms with van der Waals surface area (Å²) in [6.45, 7) is 2.29. The van der Waals surface area contributed by atoms with Crippen molar-refractivity contribution in [2.45, 2.75) is 38.1 Å². The van der Waals surface area contributed by atoms with Crippen LogP contribution >= 0.6 is 0 Å². The second kappa shape index (κ2) is 5.44. The van der Waals surface area contributed by atoms with Crippen molar-refractivity contribution in [3.8, 4) is 0 Å². The molecule has 0 aromatic carbocycles. The van der Waals surface area contributed by atoms with Crippen LogP contribution in [-0.4, -0.2) is 32.4 Å². The van der Waals surface area contributed by atoms with E-state index in [0.29, 0.717) is 24.8 Å². The number of nitrogens with zero attached hydrogens (tertiary/aromatic N) is 4. The van der Waals surface area contributed by atoms with Crippen LogP contribution in [0.15, 0.2) is 23.0 Å². The Morgan fingerprint density at radius 1 is 1.60 bits per heavy atom. The van der Waals surface area contributed by atoms with Crippen LogP contribution < -0.4 is 5.32 Å². The molecule has 0 spiro atoms. The van der Waals surface area contributed by atoms with Crippen LogP contribution in [0.1, 0.15) is 43.4 Å². The zero-order valence-corrected chi connectivity index (χ0v) is 11.3. The Kier molecular flexibility index (Phi) is 3.49. The van der Waals surface area contributed by atoms with Crippen LogP contribution in [0.2, 0.25) is 0 Å². The molecule has 1 aliphatic carbocycles. The zero-order valence-electron chi connectivity index (χ0n) is 11.3. The molecule has 20 heavy (non-hydrogen) atoms. The molecule has 0 aliphatic heterocycles. The normalized spacial score (nSPS) is 16.1. The summed E-state index contributed by atoms with van der Waals surface area (Å²) < 4.78 is 6.77. The van der Waals surface area contributed by atoms with Gasteiger partial charge in [0.05, 0.1) is 0 Å². The molecule has 1 atom stereocenters. The van der Waals surface area contributed by atoms with Crippen LogP contribution in [0, 0.1) is 0 Å². The van der Waals surface area contributed by atoms with E-state index in [1.807, 2.05) is 0 Å². The lowest BCUT2D eigenvalue weighted by Gasteiger charge is -2.11. The molecular formula is C13H17N5O2. The van der Waals surface area contributed by atoms with Crippen molar-refractivity contribution in [3.05, 3.63) is 30.2 Å². The van der Waals surface area contributed by atoms with Gasteiger partial charge in [-0.2, -0.15) is 10.1 Å². The number of aromatic nitrogens is 4. The SMILES string of the molecule is C[C@H](C(=O)NCCc1nc(C2CC2)no1)n1cccn1. The van der Waals surface area contributed by atoms with Crippen molar-refractivity contribution in [1.82, 2.24) is 25.2 Å². The van der Waals surface area contributed by atoms with Crippen molar-refractivity contribution in [2.24, 2.45) is 0 Å². The van der Waals surface area contributed by atoms with Crippen molar-refractivity contribution < 1.29 is 9.32 Å². The fraction of sp³-hybridized carbons (Fsp3) is 0.538. The Morgan fingerprint density at radius 2 is 2.45 bits per heavy atom. The van der Waals surface area contributed by atoms with Crippen LogP contribution in [0.4, 0.5) is 0 Å². The molecule has 0 radical (unpaired) electrons. The summed E-state index contributed by atoms with van der Waals surface area (Å²) in [5, 5.41) is 10.8. The molecule has 3 rings (SSSR count). The Morgan fingerprint density at radius 3 is 3.15 bits per heavy atom. The van der Waals surface area contributed by atoms with E-state index in [0.717, 1.165) is 18.7 Å². The third-order valence-corrected chi connectivity index (χ3v) is 3.37. The van der Waals surface area contributed by atoms with Gasteiger partial charge in [-0.1, -0.05) is 5.16 Å². The smallest absolute Gasteiger partial charge is 0.244 e. The average Bonchev–Trinajstić information content (AvgIpc) is 2.98. The van der Waals surface area contributed by atoms with Gasteiger partial charge < -0.3 is 9.84 Å². The van der Waals surface area contributed by atoms with E-state index in [1.165, 1.54) is 0 Å². The Labute approximate surface area is 116 Å². The molecule has 1 saturated carbocycles. The number of amides is 1. The molecule has 1 N–H and O–H groups in total. The van der Waals surface area contributed by atoms with Gasteiger partial charge in [0, 0.05) is 31.3 Å². The molecule has 106 valence electrons. The molecule has 2 heterocycles. The number of carbonyl (C=O) groups is 1. The number of carbonyl (C=O) groups excluding carboxylic acids is 1. The van der Waals surface area contributed by atoms with E-state index in [1.54, 1.807) is 30.1 Å². The number of nitrogens with one attached hydrogen (secondary N) is 1. The summed E-state index contributed by atoms with van der Waals surface area (Å²) >= 11 is 0. The molecule has 1 amide bonds. The van der Waals surface area contributed by atoms with Gasteiger partial charge in [0.25, 0.3) is 0 Å². The predicted molar refractivity (Wildman–Crippen MR) is 69.9 cm³/mol. The molecule has 1 fully saturated rings. The van der Waals surface area contributed by atoms with Crippen LogP contribution in [0.3, 0.4) is 0 Å². The standard InChI is InChI=1S/C13H17N5O2/c1-9(18-8-2-6-15-18)13(19)14-7-5-11-16-12(17-20-11)10-3-4-10/h2,6,8-10H,3-5,7H2,1H3,(H,14,19)/t9-/m1/s1. The second-order valence-corrected chi connectivity index (χ2v) is 5.02. The molecule has 0 saturated heterocycles. The van der Waals surface area contributed by atoms with Gasteiger partial charge in [0.2, 0.25) is 11.8 Å². The Bertz CT molecular complexity index is 573. The molecule has 2 aromatic heterocycles. The van der Waals surface area contributed by atoms with Crippen LogP contribution in [-0.2, 0) is 11.2 Å². The van der Waals surface area contributed by atoms with E-state index in [2.05, 4.69) is 20.6 Å². The summed E-state index contributed by atoms with van der Waals surface area (Å²) in [6.07, 6.45) is 6.28. The average molecular weight is 275 g/mol. The highest BCUT2D eigenvalue weighted by Crippen LogP contribution is 2.38. The van der Waals surface area contributed by atoms with Gasteiger partial charge in [-0.15, -0.1) is 0 Å². The van der Waals surface area contributed by atoms with Crippen molar-refractivity contribution in [2.75, 3.05) is 6.54 Å². The van der Waals surface area contributed by atoms with E-state index in [9.17, 15) is 4.79 Å². The fourth-order valence-corrected chi connectivity index (χ4v) is 1.95. The molecule has 0 bridgehead atoms. The third-order valence-electron chi connectivity index (χ3n) is 3.37. The van der Waals surface area contributed by atoms with E-state index in [-0.39, 0.29) is 11.9 Å². The minimum Gasteiger partial charge on any atom is -0.354 e. The highest BCUT2D eigenvalue weighted by Gasteiger charge is 2.28. The first-order valence-corrected chi connectivity index (χ1v) is 6.83. The highest BCUT2D eigenvalue weighted by atomic mass is 16.5. The maximum Gasteiger partial charge on any atom is 0.244 e. The molecule has 7 nitrogen and oxygen atoms in total. The van der Waals surface area contributed by atoms with E-state index < -0.39 is 0 Å². The Balaban J connectivity index is 1.45. The van der Waals surface area contributed by atoms with E-state index >= 15 is 0 Å². The topological polar surface area (TPSA) is 85.8 Å². The molecular weight excluding hydrogens is 258 g/mol. The third kappa shape index (κ3) is 2.87. The maximum atomic E-state index is 11.9. The first-order valence-electron chi connectivity index (χ1n) is 6.83. The lowest BCUT2D eigenvalue weighted by molar-refractivity contribution is -0.124.